The summed E-state index contributed by atoms with van der Waals surface area (Å²) in [5, 5.41) is 3.62. The quantitative estimate of drug-likeness (QED) is 0.238. The van der Waals surface area contributed by atoms with Crippen LogP contribution in [-0.4, -0.2) is 8.07 Å². The number of benzene rings is 4. The molecule has 0 N–H and O–H groups in total. The number of allylic oxidation sites excluding steroid dienone is 2. The van der Waals surface area contributed by atoms with Gasteiger partial charge in [0, 0.05) is 0 Å². The summed E-state index contributed by atoms with van der Waals surface area (Å²) >= 11 is -2.87. The van der Waals surface area contributed by atoms with Gasteiger partial charge in [0.2, 0.25) is 0 Å². The summed E-state index contributed by atoms with van der Waals surface area (Å²) < 4.78 is 3.76. The van der Waals surface area contributed by atoms with Gasteiger partial charge in [-0.25, -0.2) is 0 Å². The maximum atomic E-state index is 2.64. The van der Waals surface area contributed by atoms with E-state index in [2.05, 4.69) is 134 Å². The van der Waals surface area contributed by atoms with E-state index >= 15 is 0 Å². The van der Waals surface area contributed by atoms with Gasteiger partial charge in [-0.2, -0.15) is 0 Å². The Bertz CT molecular complexity index is 1400. The third-order valence-corrected chi connectivity index (χ3v) is 22.7. The first kappa shape index (κ1) is 22.5. The second-order valence-corrected chi connectivity index (χ2v) is 22.7. The molecule has 1 heterocycles. The molecule has 0 nitrogen and oxygen atoms in total. The molecule has 2 atom stereocenters. The van der Waals surface area contributed by atoms with Crippen LogP contribution in [0, 0.1) is 0 Å². The van der Waals surface area contributed by atoms with E-state index in [9.17, 15) is 0 Å². The van der Waals surface area contributed by atoms with Crippen molar-refractivity contribution in [1.29, 1.82) is 0 Å². The molecular weight excluding hydrogens is 484 g/mol. The van der Waals surface area contributed by atoms with E-state index in [1.165, 1.54) is 31.7 Å². The van der Waals surface area contributed by atoms with Gasteiger partial charge >= 0.3 is 221 Å². The Morgan fingerprint density at radius 2 is 0.917 bits per heavy atom. The van der Waals surface area contributed by atoms with Crippen molar-refractivity contribution in [2.45, 2.75) is 31.0 Å². The zero-order chi connectivity index (χ0) is 24.3. The van der Waals surface area contributed by atoms with E-state index in [-0.39, 0.29) is 0 Å². The van der Waals surface area contributed by atoms with E-state index in [1.807, 2.05) is 10.4 Å². The first-order chi connectivity index (χ1) is 17.6. The molecule has 7 rings (SSSR count). The number of fused-ring (bicyclic) bond motifs is 6. The average molecular weight is 517 g/mol. The zero-order valence-electron chi connectivity index (χ0n) is 21.1. The van der Waals surface area contributed by atoms with Gasteiger partial charge in [-0.05, 0) is 0 Å². The van der Waals surface area contributed by atoms with Gasteiger partial charge in [-0.1, -0.05) is 0 Å². The molecule has 1 saturated heterocycles. The van der Waals surface area contributed by atoms with Crippen LogP contribution in [0.25, 0.3) is 12.2 Å². The summed E-state index contributed by atoms with van der Waals surface area (Å²) in [5.74, 6) is 0. The van der Waals surface area contributed by atoms with Crippen LogP contribution in [-0.2, 0) is 26.0 Å². The predicted molar refractivity (Wildman–Crippen MR) is 152 cm³/mol. The molecule has 2 heteroatoms. The van der Waals surface area contributed by atoms with Gasteiger partial charge in [0.25, 0.3) is 0 Å². The first-order valence-corrected chi connectivity index (χ1v) is 20.3. The SMILES string of the molecule is C[Si]1(C)C2=Cc3ccccc3[CH]2[Ti]([CH2]c2ccccc2)([CH2]c2ccccc2)[CH]2C1=Cc1ccccc12. The maximum absolute atomic E-state index is 2.87. The summed E-state index contributed by atoms with van der Waals surface area (Å²) in [6.07, 6.45) is 5.28. The van der Waals surface area contributed by atoms with Crippen molar-refractivity contribution in [1.82, 2.24) is 0 Å². The molecule has 3 aliphatic rings. The Morgan fingerprint density at radius 1 is 0.528 bits per heavy atom. The van der Waals surface area contributed by atoms with Gasteiger partial charge in [0.15, 0.2) is 0 Å². The van der Waals surface area contributed by atoms with E-state index in [0.29, 0.717) is 8.45 Å². The summed E-state index contributed by atoms with van der Waals surface area (Å²) in [4.78, 5) is 0. The molecule has 1 fully saturated rings. The average Bonchev–Trinajstić information content (AvgIpc) is 3.50. The molecule has 0 saturated carbocycles. The molecule has 2 aliphatic carbocycles. The molecule has 2 unspecified atom stereocenters. The molecule has 0 radical (unpaired) electrons. The Hall–Kier alpha value is -2.71. The molecule has 0 bridgehead atoms. The van der Waals surface area contributed by atoms with Crippen LogP contribution in [0.5, 0.6) is 0 Å². The van der Waals surface area contributed by atoms with Crippen LogP contribution in [0.3, 0.4) is 0 Å². The summed E-state index contributed by atoms with van der Waals surface area (Å²) in [6, 6.07) is 41.6. The Labute approximate surface area is 219 Å². The fourth-order valence-corrected chi connectivity index (χ4v) is 26.6. The molecular formula is C34H32SiTi. The molecule has 1 aliphatic heterocycles. The first-order valence-electron chi connectivity index (χ1n) is 13.3. The summed E-state index contributed by atoms with van der Waals surface area (Å²) in [6.45, 7) is 5.28. The van der Waals surface area contributed by atoms with Crippen molar-refractivity contribution >= 4 is 20.2 Å². The Balaban J connectivity index is 1.55. The minimum absolute atomic E-state index is 0.622. The van der Waals surface area contributed by atoms with Crippen LogP contribution in [0.15, 0.2) is 120 Å². The summed E-state index contributed by atoms with van der Waals surface area (Å²) in [5.41, 5.74) is 9.29. The topological polar surface area (TPSA) is 0 Å². The van der Waals surface area contributed by atoms with E-state index < -0.39 is 24.7 Å². The molecule has 176 valence electrons. The van der Waals surface area contributed by atoms with Gasteiger partial charge in [0.05, 0.1) is 0 Å². The fourth-order valence-electron chi connectivity index (χ4n) is 7.72. The van der Waals surface area contributed by atoms with Gasteiger partial charge in [0.1, 0.15) is 0 Å². The van der Waals surface area contributed by atoms with Crippen molar-refractivity contribution in [3.8, 4) is 0 Å². The van der Waals surface area contributed by atoms with Crippen LogP contribution in [0.2, 0.25) is 13.1 Å². The zero-order valence-corrected chi connectivity index (χ0v) is 23.7. The van der Waals surface area contributed by atoms with Crippen LogP contribution in [0.4, 0.5) is 0 Å². The molecule has 0 spiro atoms. The van der Waals surface area contributed by atoms with Gasteiger partial charge in [-0.3, -0.25) is 0 Å². The van der Waals surface area contributed by atoms with Gasteiger partial charge < -0.3 is 0 Å². The predicted octanol–water partition coefficient (Wildman–Crippen LogP) is 8.62. The van der Waals surface area contributed by atoms with Gasteiger partial charge in [-0.15, -0.1) is 0 Å². The van der Waals surface area contributed by atoms with Crippen molar-refractivity contribution in [3.05, 3.63) is 153 Å². The number of hydrogen-bond acceptors (Lipinski definition) is 0. The third kappa shape index (κ3) is 3.30. The molecule has 36 heavy (non-hydrogen) atoms. The second-order valence-electron chi connectivity index (χ2n) is 11.5. The Kier molecular flexibility index (Phi) is 5.26. The molecule has 4 aromatic carbocycles. The van der Waals surface area contributed by atoms with Crippen LogP contribution < -0.4 is 0 Å². The van der Waals surface area contributed by atoms with E-state index in [4.69, 9.17) is 0 Å². The third-order valence-electron chi connectivity index (χ3n) is 9.20. The second kappa shape index (κ2) is 8.42. The monoisotopic (exact) mass is 516 g/mol. The number of hydrogen-bond donors (Lipinski definition) is 0. The van der Waals surface area contributed by atoms with Crippen molar-refractivity contribution in [2.24, 2.45) is 0 Å². The van der Waals surface area contributed by atoms with Crippen molar-refractivity contribution in [2.75, 3.05) is 0 Å². The van der Waals surface area contributed by atoms with Crippen LogP contribution in [0.1, 0.15) is 41.8 Å². The molecule has 4 aromatic rings. The summed E-state index contributed by atoms with van der Waals surface area (Å²) in [7, 11) is -1.80. The Morgan fingerprint density at radius 3 is 1.36 bits per heavy atom. The molecule has 0 amide bonds. The molecule has 0 aromatic heterocycles. The van der Waals surface area contributed by atoms with E-state index in [0.717, 1.165) is 0 Å². The van der Waals surface area contributed by atoms with Crippen molar-refractivity contribution in [3.63, 3.8) is 0 Å². The van der Waals surface area contributed by atoms with Crippen molar-refractivity contribution < 1.29 is 16.6 Å². The normalized spacial score (nSPS) is 22.1. The number of rotatable bonds is 4. The minimum atomic E-state index is -2.87. The fraction of sp³-hybridized carbons (Fsp3) is 0.176. The van der Waals surface area contributed by atoms with E-state index in [1.54, 1.807) is 11.1 Å². The standard InChI is InChI=1S/C20H18Si.2C7H7.Ti/c1-21(2,19-11-15-7-3-4-8-16(15)12-19)20-13-17-9-5-6-10-18(17)14-20;2*1-7-5-3-2-4-6-7;/h3-14H,1-2H3;2*2-6H,1H2;. The van der Waals surface area contributed by atoms with Crippen LogP contribution >= 0.6 is 0 Å².